The number of nitrogens with two attached hydrogens (primary N) is 1. The van der Waals surface area contributed by atoms with E-state index < -0.39 is 0 Å². The van der Waals surface area contributed by atoms with E-state index in [0.29, 0.717) is 19.4 Å². The molecule has 2 atom stereocenters. The third kappa shape index (κ3) is 16.9. The molecule has 1 unspecified atom stereocenters. The first kappa shape index (κ1) is 38.5. The molecule has 0 aliphatic carbocycles. The monoisotopic (exact) mass is 605 g/mol. The largest absolute Gasteiger partial charge is 0.303 e. The molecule has 0 heterocycles. The van der Waals surface area contributed by atoms with Crippen molar-refractivity contribution in [3.05, 3.63) is 120 Å². The van der Waals surface area contributed by atoms with Gasteiger partial charge in [-0.2, -0.15) is 0 Å². The van der Waals surface area contributed by atoms with Gasteiger partial charge >= 0.3 is 0 Å². The molecule has 0 aromatic heterocycles. The summed E-state index contributed by atoms with van der Waals surface area (Å²) in [4.78, 5) is 25.9. The first-order valence-corrected chi connectivity index (χ1v) is 15.1. The van der Waals surface area contributed by atoms with Crippen LogP contribution in [0.4, 0.5) is 4.39 Å². The number of unbranched alkanes of at least 4 members (excludes halogenated alkanes) is 1. The molecule has 0 spiro atoms. The molecular formula is C36H52FN5O2. The summed E-state index contributed by atoms with van der Waals surface area (Å²) in [5.41, 5.74) is 7.09. The molecule has 3 rings (SSSR count). The predicted octanol–water partition coefficient (Wildman–Crippen LogP) is 5.09. The minimum atomic E-state index is -0.243. The number of likely N-dealkylation sites (N-methyl/N-ethyl adjacent to an activating group) is 2. The van der Waals surface area contributed by atoms with Crippen LogP contribution in [0.1, 0.15) is 41.5 Å². The van der Waals surface area contributed by atoms with E-state index in [1.54, 1.807) is 25.3 Å². The maximum absolute atomic E-state index is 13.3. The summed E-state index contributed by atoms with van der Waals surface area (Å²) in [6.07, 6.45) is 7.86. The number of halogens is 1. The predicted molar refractivity (Wildman–Crippen MR) is 181 cm³/mol. The quantitative estimate of drug-likeness (QED) is 0.0493. The number of benzene rings is 3. The van der Waals surface area contributed by atoms with Crippen molar-refractivity contribution < 1.29 is 14.0 Å². The molecule has 3 aromatic carbocycles. The van der Waals surface area contributed by atoms with Gasteiger partial charge in [0.05, 0.1) is 12.2 Å². The molecular weight excluding hydrogens is 553 g/mol. The lowest BCUT2D eigenvalue weighted by atomic mass is 10.1. The number of nitrogens with zero attached hydrogens (tertiary/aromatic N) is 2. The van der Waals surface area contributed by atoms with Crippen LogP contribution in [0.25, 0.3) is 0 Å². The lowest BCUT2D eigenvalue weighted by molar-refractivity contribution is -0.113. The third-order valence-electron chi connectivity index (χ3n) is 7.04. The maximum atomic E-state index is 13.3. The third-order valence-corrected chi connectivity index (χ3v) is 7.04. The highest BCUT2D eigenvalue weighted by Crippen LogP contribution is 2.12. The Bertz CT molecular complexity index is 1150. The summed E-state index contributed by atoms with van der Waals surface area (Å²) in [6.45, 7) is 7.80. The lowest BCUT2D eigenvalue weighted by Gasteiger charge is -2.35. The van der Waals surface area contributed by atoms with Crippen LogP contribution in [0.5, 0.6) is 0 Å². The molecule has 0 saturated carbocycles. The molecule has 240 valence electrons. The van der Waals surface area contributed by atoms with Crippen molar-refractivity contribution >= 4 is 12.6 Å². The van der Waals surface area contributed by atoms with Gasteiger partial charge < -0.3 is 14.5 Å². The first-order chi connectivity index (χ1) is 21.3. The topological polar surface area (TPSA) is 90.7 Å². The Balaban J connectivity index is 0.00000108. The van der Waals surface area contributed by atoms with E-state index in [-0.39, 0.29) is 18.0 Å². The molecule has 0 amide bonds. The van der Waals surface area contributed by atoms with Gasteiger partial charge in [-0.25, -0.2) is 4.39 Å². The van der Waals surface area contributed by atoms with Gasteiger partial charge in [-0.15, -0.1) is 6.58 Å². The van der Waals surface area contributed by atoms with E-state index >= 15 is 0 Å². The molecule has 3 aromatic rings. The number of nitrogens with one attached hydrogen (secondary N) is 2. The number of aldehydes is 2. The van der Waals surface area contributed by atoms with Gasteiger partial charge in [0.2, 0.25) is 0 Å². The van der Waals surface area contributed by atoms with E-state index in [2.05, 4.69) is 83.3 Å². The van der Waals surface area contributed by atoms with Crippen molar-refractivity contribution in [2.75, 3.05) is 34.2 Å². The van der Waals surface area contributed by atoms with Crippen LogP contribution in [0.3, 0.4) is 0 Å². The van der Waals surface area contributed by atoms with Crippen molar-refractivity contribution in [1.82, 2.24) is 20.5 Å². The number of carbonyl (C=O) groups excluding carboxylic acids is 2. The summed E-state index contributed by atoms with van der Waals surface area (Å²) in [6, 6.07) is 25.2. The van der Waals surface area contributed by atoms with Gasteiger partial charge in [-0.1, -0.05) is 78.4 Å². The summed E-state index contributed by atoms with van der Waals surface area (Å²) in [7, 11) is 5.80. The number of hydrogen-bond donors (Lipinski definition) is 3. The van der Waals surface area contributed by atoms with E-state index in [1.807, 2.05) is 25.2 Å². The Hall–Kier alpha value is -3.53. The second-order valence-corrected chi connectivity index (χ2v) is 10.8. The molecule has 0 aliphatic heterocycles. The van der Waals surface area contributed by atoms with E-state index in [0.717, 1.165) is 56.1 Å². The highest BCUT2D eigenvalue weighted by molar-refractivity contribution is 5.58. The molecule has 4 N–H and O–H groups in total. The molecule has 0 fully saturated rings. The molecule has 0 radical (unpaired) electrons. The second-order valence-electron chi connectivity index (χ2n) is 10.8. The Morgan fingerprint density at radius 1 is 0.909 bits per heavy atom. The Kier molecular flexibility index (Phi) is 20.9. The number of aryl methyl sites for hydroxylation is 2. The molecule has 8 heteroatoms. The van der Waals surface area contributed by atoms with Gasteiger partial charge in [0, 0.05) is 19.5 Å². The second kappa shape index (κ2) is 23.9. The van der Waals surface area contributed by atoms with Crippen LogP contribution in [-0.4, -0.2) is 68.8 Å². The minimum absolute atomic E-state index is 0.0314. The summed E-state index contributed by atoms with van der Waals surface area (Å²) in [5.74, 6) is 4.36. The summed E-state index contributed by atoms with van der Waals surface area (Å²) in [5, 5.41) is 3.61. The number of allylic oxidation sites excluding steroid dienone is 1. The lowest BCUT2D eigenvalue weighted by Crippen LogP contribution is -2.54. The zero-order chi connectivity index (χ0) is 32.6. The van der Waals surface area contributed by atoms with Crippen molar-refractivity contribution in [2.24, 2.45) is 5.84 Å². The fraction of sp³-hybridized carbons (Fsp3) is 0.389. The zero-order valence-electron chi connectivity index (χ0n) is 26.9. The normalized spacial score (nSPS) is 11.9. The number of hydrogen-bond acceptors (Lipinski definition) is 7. The highest BCUT2D eigenvalue weighted by Gasteiger charge is 2.24. The van der Waals surface area contributed by atoms with Gasteiger partial charge in [0.1, 0.15) is 18.4 Å². The average Bonchev–Trinajstić information content (AvgIpc) is 3.03. The average molecular weight is 606 g/mol. The molecule has 44 heavy (non-hydrogen) atoms. The van der Waals surface area contributed by atoms with Gasteiger partial charge in [0.25, 0.3) is 0 Å². The van der Waals surface area contributed by atoms with E-state index in [1.165, 1.54) is 23.3 Å². The molecule has 0 bridgehead atoms. The van der Waals surface area contributed by atoms with E-state index in [9.17, 15) is 14.0 Å². The SMILES string of the molecule is C=CCC=O.CNN.Cc1ccc(CCCCN(C)CC(NCc2ccc(F)cc2)N(C)[C@H](C=O)Cc2ccccc2)cc1. The van der Waals surface area contributed by atoms with Gasteiger partial charge in [-0.05, 0) is 89.1 Å². The number of carbonyl (C=O) groups is 2. The number of rotatable bonds is 17. The van der Waals surface area contributed by atoms with Crippen molar-refractivity contribution in [1.29, 1.82) is 0 Å². The Morgan fingerprint density at radius 3 is 2.07 bits per heavy atom. The first-order valence-electron chi connectivity index (χ1n) is 15.1. The molecule has 0 aliphatic rings. The van der Waals surface area contributed by atoms with Crippen LogP contribution >= 0.6 is 0 Å². The summed E-state index contributed by atoms with van der Waals surface area (Å²) >= 11 is 0. The zero-order valence-corrected chi connectivity index (χ0v) is 26.9. The fourth-order valence-electron chi connectivity index (χ4n) is 4.47. The van der Waals surface area contributed by atoms with Crippen LogP contribution in [-0.2, 0) is 29.0 Å². The maximum Gasteiger partial charge on any atom is 0.137 e. The smallest absolute Gasteiger partial charge is 0.137 e. The van der Waals surface area contributed by atoms with Crippen molar-refractivity contribution in [2.45, 2.75) is 57.8 Å². The van der Waals surface area contributed by atoms with Crippen LogP contribution in [0.2, 0.25) is 0 Å². The standard InChI is InChI=1S/C31H40FN3O.C4H6O.CH6N2/c1-25-12-14-26(15-13-25)9-7-8-20-34(2)23-31(33-22-28-16-18-29(32)19-17-28)35(3)30(24-36)21-27-10-5-4-6-11-27;1-2-3-4-5;1-3-2/h4-6,10-19,24,30-31,33H,7-9,20-23H2,1-3H3;2,4H,1,3H2;3H,2H2,1H3/t30-,31?;;/m0../s1. The van der Waals surface area contributed by atoms with Crippen LogP contribution < -0.4 is 16.6 Å². The minimum Gasteiger partial charge on any atom is -0.303 e. The van der Waals surface area contributed by atoms with Gasteiger partial charge in [0.15, 0.2) is 0 Å². The van der Waals surface area contributed by atoms with Gasteiger partial charge in [-0.3, -0.25) is 21.5 Å². The Labute approximate surface area is 264 Å². The highest BCUT2D eigenvalue weighted by atomic mass is 19.1. The molecule has 7 nitrogen and oxygen atoms in total. The number of hydrazine groups is 1. The van der Waals surface area contributed by atoms with Crippen LogP contribution in [0, 0.1) is 12.7 Å². The van der Waals surface area contributed by atoms with Crippen LogP contribution in [0.15, 0.2) is 91.5 Å². The Morgan fingerprint density at radius 2 is 1.52 bits per heavy atom. The van der Waals surface area contributed by atoms with Crippen molar-refractivity contribution in [3.8, 4) is 0 Å². The van der Waals surface area contributed by atoms with Crippen molar-refractivity contribution in [3.63, 3.8) is 0 Å². The molecule has 0 saturated heterocycles. The summed E-state index contributed by atoms with van der Waals surface area (Å²) < 4.78 is 13.3. The van der Waals surface area contributed by atoms with E-state index in [4.69, 9.17) is 0 Å². The fourth-order valence-corrected chi connectivity index (χ4v) is 4.47.